The van der Waals surface area contributed by atoms with Crippen LogP contribution in [0.2, 0.25) is 5.02 Å². The molecule has 4 nitrogen and oxygen atoms in total. The van der Waals surface area contributed by atoms with E-state index in [0.29, 0.717) is 28.2 Å². The van der Waals surface area contributed by atoms with Crippen LogP contribution in [0.3, 0.4) is 0 Å². The lowest BCUT2D eigenvalue weighted by molar-refractivity contribution is 0.727. The fourth-order valence-corrected chi connectivity index (χ4v) is 2.96. The van der Waals surface area contributed by atoms with Gasteiger partial charge in [0.25, 0.3) is 5.56 Å². The predicted octanol–water partition coefficient (Wildman–Crippen LogP) is 3.75. The van der Waals surface area contributed by atoms with Crippen LogP contribution < -0.4 is 11.2 Å². The average Bonchev–Trinajstić information content (AvgIpc) is 2.53. The second-order valence-electron chi connectivity index (χ2n) is 4.96. The Balaban J connectivity index is 2.46. The predicted molar refractivity (Wildman–Crippen MR) is 96.7 cm³/mol. The van der Waals surface area contributed by atoms with E-state index in [1.807, 2.05) is 0 Å². The highest BCUT2D eigenvalue weighted by molar-refractivity contribution is 9.10. The first-order valence-electron chi connectivity index (χ1n) is 6.85. The van der Waals surface area contributed by atoms with E-state index >= 15 is 0 Å². The van der Waals surface area contributed by atoms with Gasteiger partial charge in [-0.1, -0.05) is 33.6 Å². The first-order valence-corrected chi connectivity index (χ1v) is 8.02. The molecule has 1 heterocycles. The number of aromatic nitrogens is 2. The third-order valence-corrected chi connectivity index (χ3v) is 4.25. The summed E-state index contributed by atoms with van der Waals surface area (Å²) in [5.41, 5.74) is 0.276. The summed E-state index contributed by atoms with van der Waals surface area (Å²) in [5.74, 6) is 0. The van der Waals surface area contributed by atoms with Crippen LogP contribution in [-0.4, -0.2) is 9.13 Å². The van der Waals surface area contributed by atoms with Crippen molar-refractivity contribution < 1.29 is 0 Å². The summed E-state index contributed by atoms with van der Waals surface area (Å²) in [5, 5.41) is 0.993. The number of fused-ring (bicyclic) bond motifs is 1. The van der Waals surface area contributed by atoms with E-state index in [-0.39, 0.29) is 5.56 Å². The molecule has 3 rings (SSSR count). The Morgan fingerprint density at radius 2 is 1.83 bits per heavy atom. The maximum atomic E-state index is 12.8. The van der Waals surface area contributed by atoms with Gasteiger partial charge in [-0.2, -0.15) is 0 Å². The molecule has 0 aliphatic carbocycles. The van der Waals surface area contributed by atoms with Crippen molar-refractivity contribution >= 4 is 38.4 Å². The van der Waals surface area contributed by atoms with Crippen molar-refractivity contribution in [3.8, 4) is 5.69 Å². The van der Waals surface area contributed by atoms with Crippen molar-refractivity contribution in [2.75, 3.05) is 0 Å². The number of hydrogen-bond acceptors (Lipinski definition) is 2. The number of rotatable bonds is 3. The summed E-state index contributed by atoms with van der Waals surface area (Å²) in [6.07, 6.45) is 1.62. The smallest absolute Gasteiger partial charge is 0.289 e. The fraction of sp³-hybridized carbons (Fsp3) is 0.0588. The Hall–Kier alpha value is -2.11. The van der Waals surface area contributed by atoms with E-state index in [4.69, 9.17) is 11.6 Å². The molecule has 0 bridgehead atoms. The maximum Gasteiger partial charge on any atom is 0.336 e. The quantitative estimate of drug-likeness (QED) is 0.638. The molecule has 3 aromatic rings. The summed E-state index contributed by atoms with van der Waals surface area (Å²) in [6, 6.07) is 11.8. The Labute approximate surface area is 145 Å². The monoisotopic (exact) mass is 390 g/mol. The van der Waals surface area contributed by atoms with Crippen LogP contribution in [0.25, 0.3) is 16.6 Å². The molecule has 0 N–H and O–H groups in total. The number of halogens is 2. The van der Waals surface area contributed by atoms with Crippen molar-refractivity contribution in [2.24, 2.45) is 0 Å². The van der Waals surface area contributed by atoms with Gasteiger partial charge in [-0.15, -0.1) is 6.58 Å². The van der Waals surface area contributed by atoms with Gasteiger partial charge in [0.1, 0.15) is 0 Å². The molecule has 0 aliphatic heterocycles. The molecule has 1 aromatic heterocycles. The number of allylic oxidation sites excluding steroid dienone is 1. The van der Waals surface area contributed by atoms with Gasteiger partial charge in [0.2, 0.25) is 0 Å². The molecule has 116 valence electrons. The van der Waals surface area contributed by atoms with Gasteiger partial charge in [-0.05, 0) is 42.5 Å². The Morgan fingerprint density at radius 3 is 2.48 bits per heavy atom. The van der Waals surface area contributed by atoms with Crippen LogP contribution in [0.5, 0.6) is 0 Å². The van der Waals surface area contributed by atoms with Gasteiger partial charge in [0, 0.05) is 16.0 Å². The van der Waals surface area contributed by atoms with Gasteiger partial charge in [-0.25, -0.2) is 9.36 Å². The highest BCUT2D eigenvalue weighted by Crippen LogP contribution is 2.17. The molecule has 6 heteroatoms. The van der Waals surface area contributed by atoms with Crippen molar-refractivity contribution in [1.29, 1.82) is 0 Å². The lowest BCUT2D eigenvalue weighted by Gasteiger charge is -2.13. The van der Waals surface area contributed by atoms with Gasteiger partial charge in [0.15, 0.2) is 0 Å². The van der Waals surface area contributed by atoms with E-state index in [1.165, 1.54) is 4.57 Å². The van der Waals surface area contributed by atoms with Crippen LogP contribution in [0.15, 0.2) is 69.2 Å². The normalized spacial score (nSPS) is 10.9. The molecule has 0 fully saturated rings. The lowest BCUT2D eigenvalue weighted by Crippen LogP contribution is -2.38. The van der Waals surface area contributed by atoms with E-state index in [2.05, 4.69) is 22.5 Å². The largest absolute Gasteiger partial charge is 0.336 e. The third kappa shape index (κ3) is 2.78. The summed E-state index contributed by atoms with van der Waals surface area (Å²) in [7, 11) is 0. The number of nitrogens with zero attached hydrogens (tertiary/aromatic N) is 2. The first kappa shape index (κ1) is 15.8. The molecule has 0 spiro atoms. The zero-order chi connectivity index (χ0) is 16.6. The fourth-order valence-electron chi connectivity index (χ4n) is 2.47. The molecule has 23 heavy (non-hydrogen) atoms. The zero-order valence-corrected chi connectivity index (χ0v) is 14.3. The molecule has 2 aromatic carbocycles. The lowest BCUT2D eigenvalue weighted by atomic mass is 10.2. The summed E-state index contributed by atoms with van der Waals surface area (Å²) < 4.78 is 3.44. The standard InChI is InChI=1S/C17H12BrClN2O2/c1-2-9-20-15-8-3-11(18)10-14(15)16(22)21(17(20)23)13-6-4-12(19)5-7-13/h2-8,10H,1,9H2. The highest BCUT2D eigenvalue weighted by atomic mass is 79.9. The molecule has 0 amide bonds. The van der Waals surface area contributed by atoms with Gasteiger partial charge < -0.3 is 0 Å². The van der Waals surface area contributed by atoms with Gasteiger partial charge in [0.05, 0.1) is 16.6 Å². The highest BCUT2D eigenvalue weighted by Gasteiger charge is 2.14. The SMILES string of the molecule is C=CCn1c(=O)n(-c2ccc(Cl)cc2)c(=O)c2cc(Br)ccc21. The minimum atomic E-state index is -0.410. The van der Waals surface area contributed by atoms with Crippen molar-refractivity contribution in [2.45, 2.75) is 6.54 Å². The second kappa shape index (κ2) is 6.18. The van der Waals surface area contributed by atoms with Crippen molar-refractivity contribution in [3.05, 3.63) is 85.5 Å². The van der Waals surface area contributed by atoms with E-state index in [9.17, 15) is 9.59 Å². The number of benzene rings is 2. The van der Waals surface area contributed by atoms with Crippen LogP contribution in [-0.2, 0) is 6.54 Å². The Bertz CT molecular complexity index is 1020. The molecule has 0 radical (unpaired) electrons. The van der Waals surface area contributed by atoms with E-state index in [0.717, 1.165) is 9.04 Å². The van der Waals surface area contributed by atoms with E-state index < -0.39 is 5.69 Å². The zero-order valence-electron chi connectivity index (χ0n) is 12.0. The van der Waals surface area contributed by atoms with Crippen LogP contribution >= 0.6 is 27.5 Å². The van der Waals surface area contributed by atoms with Gasteiger partial charge in [-0.3, -0.25) is 9.36 Å². The maximum absolute atomic E-state index is 12.8. The van der Waals surface area contributed by atoms with Crippen LogP contribution in [0.1, 0.15) is 0 Å². The third-order valence-electron chi connectivity index (χ3n) is 3.50. The Kier molecular flexibility index (Phi) is 4.24. The minimum Gasteiger partial charge on any atom is -0.289 e. The van der Waals surface area contributed by atoms with Gasteiger partial charge >= 0.3 is 5.69 Å². The average molecular weight is 392 g/mol. The summed E-state index contributed by atoms with van der Waals surface area (Å²) >= 11 is 9.25. The summed E-state index contributed by atoms with van der Waals surface area (Å²) in [6.45, 7) is 3.99. The summed E-state index contributed by atoms with van der Waals surface area (Å²) in [4.78, 5) is 25.6. The number of hydrogen-bond donors (Lipinski definition) is 0. The van der Waals surface area contributed by atoms with Crippen molar-refractivity contribution in [3.63, 3.8) is 0 Å². The van der Waals surface area contributed by atoms with Crippen LogP contribution in [0, 0.1) is 0 Å². The Morgan fingerprint density at radius 1 is 1.13 bits per heavy atom. The molecule has 0 atom stereocenters. The molecule has 0 aliphatic rings. The van der Waals surface area contributed by atoms with E-state index in [1.54, 1.807) is 48.5 Å². The molecule has 0 saturated heterocycles. The molecule has 0 saturated carbocycles. The molecular formula is C17H12BrClN2O2. The second-order valence-corrected chi connectivity index (χ2v) is 6.31. The van der Waals surface area contributed by atoms with Crippen LogP contribution in [0.4, 0.5) is 0 Å². The molecular weight excluding hydrogens is 380 g/mol. The van der Waals surface area contributed by atoms with Crippen molar-refractivity contribution in [1.82, 2.24) is 9.13 Å². The topological polar surface area (TPSA) is 44.0 Å². The minimum absolute atomic E-state index is 0.310. The first-order chi connectivity index (χ1) is 11.0. The molecule has 0 unspecified atom stereocenters.